The van der Waals surface area contributed by atoms with Gasteiger partial charge in [0.05, 0.1) is 6.20 Å². The van der Waals surface area contributed by atoms with Crippen molar-refractivity contribution in [3.05, 3.63) is 18.0 Å². The van der Waals surface area contributed by atoms with Crippen LogP contribution >= 0.6 is 0 Å². The van der Waals surface area contributed by atoms with E-state index in [1.807, 2.05) is 0 Å². The molecule has 0 aromatic carbocycles. The standard InChI is InChI=1S/C11H19N5O2/c1-13-9(17)4-5-15(2)11(18)10(12)8-6-14-16(3)7-8/h6-7,10H,4-5,12H2,1-3H3,(H,13,17). The van der Waals surface area contributed by atoms with E-state index in [0.717, 1.165) is 0 Å². The van der Waals surface area contributed by atoms with Gasteiger partial charge in [-0.2, -0.15) is 5.10 Å². The zero-order valence-corrected chi connectivity index (χ0v) is 10.9. The molecule has 0 aliphatic rings. The van der Waals surface area contributed by atoms with Gasteiger partial charge in [-0.1, -0.05) is 0 Å². The molecule has 1 atom stereocenters. The quantitative estimate of drug-likeness (QED) is 0.705. The van der Waals surface area contributed by atoms with Crippen LogP contribution in [-0.2, 0) is 16.6 Å². The summed E-state index contributed by atoms with van der Waals surface area (Å²) in [6.07, 6.45) is 3.53. The van der Waals surface area contributed by atoms with Crippen molar-refractivity contribution in [2.45, 2.75) is 12.5 Å². The number of hydrogen-bond acceptors (Lipinski definition) is 4. The lowest BCUT2D eigenvalue weighted by molar-refractivity contribution is -0.132. The number of aromatic nitrogens is 2. The summed E-state index contributed by atoms with van der Waals surface area (Å²) in [7, 11) is 4.95. The van der Waals surface area contributed by atoms with E-state index in [9.17, 15) is 9.59 Å². The van der Waals surface area contributed by atoms with Gasteiger partial charge in [0.2, 0.25) is 11.8 Å². The molecule has 7 nitrogen and oxygen atoms in total. The van der Waals surface area contributed by atoms with Crippen LogP contribution in [0.5, 0.6) is 0 Å². The number of nitrogens with zero attached hydrogens (tertiary/aromatic N) is 3. The van der Waals surface area contributed by atoms with Crippen molar-refractivity contribution in [1.29, 1.82) is 0 Å². The Hall–Kier alpha value is -1.89. The molecule has 0 radical (unpaired) electrons. The molecular weight excluding hydrogens is 234 g/mol. The minimum atomic E-state index is -0.742. The number of nitrogens with two attached hydrogens (primary N) is 1. The van der Waals surface area contributed by atoms with Crippen LogP contribution < -0.4 is 11.1 Å². The summed E-state index contributed by atoms with van der Waals surface area (Å²) in [5.74, 6) is -0.337. The Balaban J connectivity index is 2.55. The van der Waals surface area contributed by atoms with Crippen molar-refractivity contribution in [1.82, 2.24) is 20.0 Å². The van der Waals surface area contributed by atoms with E-state index >= 15 is 0 Å². The molecule has 2 amide bonds. The van der Waals surface area contributed by atoms with Crippen LogP contribution in [0, 0.1) is 0 Å². The molecule has 3 N–H and O–H groups in total. The van der Waals surface area contributed by atoms with Gasteiger partial charge < -0.3 is 16.0 Å². The average Bonchev–Trinajstić information content (AvgIpc) is 2.80. The number of nitrogens with one attached hydrogen (secondary N) is 1. The normalized spacial score (nSPS) is 12.0. The van der Waals surface area contributed by atoms with Crippen LogP contribution in [0.4, 0.5) is 0 Å². The SMILES string of the molecule is CNC(=O)CCN(C)C(=O)C(N)c1cnn(C)c1. The first-order valence-corrected chi connectivity index (χ1v) is 5.65. The third-order valence-corrected chi connectivity index (χ3v) is 2.68. The smallest absolute Gasteiger partial charge is 0.243 e. The molecule has 0 fully saturated rings. The molecule has 0 spiro atoms. The minimum Gasteiger partial charge on any atom is -0.359 e. The Morgan fingerprint density at radius 3 is 2.78 bits per heavy atom. The van der Waals surface area contributed by atoms with Crippen molar-refractivity contribution < 1.29 is 9.59 Å². The molecule has 1 rings (SSSR count). The second-order valence-electron chi connectivity index (χ2n) is 4.11. The first-order chi connectivity index (χ1) is 8.45. The molecule has 1 aromatic rings. The maximum Gasteiger partial charge on any atom is 0.243 e. The molecule has 0 aliphatic heterocycles. The van der Waals surface area contributed by atoms with Gasteiger partial charge in [0.15, 0.2) is 0 Å². The van der Waals surface area contributed by atoms with Crippen LogP contribution in [0.25, 0.3) is 0 Å². The highest BCUT2D eigenvalue weighted by Crippen LogP contribution is 2.11. The van der Waals surface area contributed by atoms with Crippen molar-refractivity contribution in [2.24, 2.45) is 12.8 Å². The first-order valence-electron chi connectivity index (χ1n) is 5.65. The third-order valence-electron chi connectivity index (χ3n) is 2.68. The van der Waals surface area contributed by atoms with E-state index in [0.29, 0.717) is 12.1 Å². The summed E-state index contributed by atoms with van der Waals surface area (Å²) >= 11 is 0. The highest BCUT2D eigenvalue weighted by atomic mass is 16.2. The van der Waals surface area contributed by atoms with Gasteiger partial charge in [-0.05, 0) is 0 Å². The summed E-state index contributed by atoms with van der Waals surface area (Å²) in [6.45, 7) is 0.340. The van der Waals surface area contributed by atoms with E-state index in [2.05, 4.69) is 10.4 Å². The lowest BCUT2D eigenvalue weighted by Crippen LogP contribution is -2.37. The topological polar surface area (TPSA) is 93.2 Å². The van der Waals surface area contributed by atoms with Crippen LogP contribution in [0.2, 0.25) is 0 Å². The van der Waals surface area contributed by atoms with Gasteiger partial charge in [0.25, 0.3) is 0 Å². The fourth-order valence-electron chi connectivity index (χ4n) is 1.49. The van der Waals surface area contributed by atoms with Crippen LogP contribution in [0.3, 0.4) is 0 Å². The second-order valence-corrected chi connectivity index (χ2v) is 4.11. The van der Waals surface area contributed by atoms with Gasteiger partial charge in [-0.3, -0.25) is 14.3 Å². The predicted octanol–water partition coefficient (Wildman–Crippen LogP) is -0.986. The number of hydrogen-bond donors (Lipinski definition) is 2. The Labute approximate surface area is 106 Å². The summed E-state index contributed by atoms with van der Waals surface area (Å²) in [5.41, 5.74) is 6.51. The molecule has 1 aromatic heterocycles. The summed E-state index contributed by atoms with van der Waals surface area (Å²) in [4.78, 5) is 24.5. The Morgan fingerprint density at radius 1 is 1.61 bits per heavy atom. The third kappa shape index (κ3) is 3.56. The maximum atomic E-state index is 12.0. The lowest BCUT2D eigenvalue weighted by atomic mass is 10.1. The fraction of sp³-hybridized carbons (Fsp3) is 0.545. The molecule has 7 heteroatoms. The molecular formula is C11H19N5O2. The van der Waals surface area contributed by atoms with Crippen LogP contribution in [0.1, 0.15) is 18.0 Å². The van der Waals surface area contributed by atoms with E-state index in [4.69, 9.17) is 5.73 Å². The highest BCUT2D eigenvalue weighted by Gasteiger charge is 2.21. The van der Waals surface area contributed by atoms with Gasteiger partial charge in [-0.15, -0.1) is 0 Å². The molecule has 0 aliphatic carbocycles. The van der Waals surface area contributed by atoms with E-state index in [1.165, 1.54) is 4.90 Å². The van der Waals surface area contributed by atoms with Crippen molar-refractivity contribution in [3.8, 4) is 0 Å². The average molecular weight is 253 g/mol. The van der Waals surface area contributed by atoms with E-state index < -0.39 is 6.04 Å². The van der Waals surface area contributed by atoms with Gasteiger partial charge in [0, 0.05) is 45.9 Å². The molecule has 0 saturated heterocycles. The van der Waals surface area contributed by atoms with Gasteiger partial charge in [-0.25, -0.2) is 0 Å². The van der Waals surface area contributed by atoms with Crippen LogP contribution in [0.15, 0.2) is 12.4 Å². The Morgan fingerprint density at radius 2 is 2.28 bits per heavy atom. The Bertz CT molecular complexity index is 429. The van der Waals surface area contributed by atoms with Gasteiger partial charge >= 0.3 is 0 Å². The van der Waals surface area contributed by atoms with Crippen LogP contribution in [-0.4, -0.2) is 47.1 Å². The summed E-state index contributed by atoms with van der Waals surface area (Å²) < 4.78 is 1.59. The first kappa shape index (κ1) is 14.2. The number of likely N-dealkylation sites (N-methyl/N-ethyl adjacent to an activating group) is 1. The van der Waals surface area contributed by atoms with E-state index in [-0.39, 0.29) is 18.2 Å². The predicted molar refractivity (Wildman–Crippen MR) is 66.5 cm³/mol. The molecule has 0 saturated carbocycles. The van der Waals surface area contributed by atoms with Gasteiger partial charge in [0.1, 0.15) is 6.04 Å². The molecule has 1 heterocycles. The second kappa shape index (κ2) is 6.15. The number of amides is 2. The molecule has 0 bridgehead atoms. The number of carbonyl (C=O) groups excluding carboxylic acids is 2. The fourth-order valence-corrected chi connectivity index (χ4v) is 1.49. The maximum absolute atomic E-state index is 12.0. The molecule has 1 unspecified atom stereocenters. The van der Waals surface area contributed by atoms with Crippen molar-refractivity contribution in [3.63, 3.8) is 0 Å². The molecule has 18 heavy (non-hydrogen) atoms. The molecule has 100 valence electrons. The monoisotopic (exact) mass is 253 g/mol. The highest BCUT2D eigenvalue weighted by molar-refractivity contribution is 5.83. The van der Waals surface area contributed by atoms with Crippen molar-refractivity contribution in [2.75, 3.05) is 20.6 Å². The number of carbonyl (C=O) groups is 2. The zero-order chi connectivity index (χ0) is 13.7. The number of rotatable bonds is 5. The summed E-state index contributed by atoms with van der Waals surface area (Å²) in [5, 5.41) is 6.47. The number of aryl methyl sites for hydroxylation is 1. The Kier molecular flexibility index (Phi) is 4.85. The zero-order valence-electron chi connectivity index (χ0n) is 10.9. The largest absolute Gasteiger partial charge is 0.359 e. The summed E-state index contributed by atoms with van der Waals surface area (Å²) in [6, 6.07) is -0.742. The van der Waals surface area contributed by atoms with E-state index in [1.54, 1.807) is 38.2 Å². The minimum absolute atomic E-state index is 0.107. The lowest BCUT2D eigenvalue weighted by Gasteiger charge is -2.20. The van der Waals surface area contributed by atoms with Crippen molar-refractivity contribution >= 4 is 11.8 Å².